The minimum absolute atomic E-state index is 0.119. The number of halogens is 4. The Morgan fingerprint density at radius 3 is 2.25 bits per heavy atom. The molecule has 2 rings (SSSR count). The standard InChI is InChI=1S/C18H24F4N2O4/c1-11(2)26-17(23-15(25)27-16(3,4)5)13(12-9-7-6-8-10-12)24(22)28-14(17)18(19,20)21/h6-11,13-14H,1-5H3,(H,23,25). The first-order valence-electron chi connectivity index (χ1n) is 8.68. The van der Waals surface area contributed by atoms with E-state index >= 15 is 0 Å². The molecule has 28 heavy (non-hydrogen) atoms. The highest BCUT2D eigenvalue weighted by molar-refractivity contribution is 5.69. The Morgan fingerprint density at radius 2 is 1.79 bits per heavy atom. The molecule has 1 saturated heterocycles. The van der Waals surface area contributed by atoms with E-state index in [0.29, 0.717) is 0 Å². The van der Waals surface area contributed by atoms with Gasteiger partial charge in [-0.05, 0) is 45.5 Å². The number of nitrogens with one attached hydrogen (secondary N) is 1. The van der Waals surface area contributed by atoms with Gasteiger partial charge in [-0.25, -0.2) is 4.79 Å². The molecule has 1 fully saturated rings. The van der Waals surface area contributed by atoms with Gasteiger partial charge >= 0.3 is 12.3 Å². The number of amides is 1. The topological polar surface area (TPSA) is 60.0 Å². The summed E-state index contributed by atoms with van der Waals surface area (Å²) in [6.07, 6.45) is -9.84. The van der Waals surface area contributed by atoms with Crippen molar-refractivity contribution < 1.29 is 36.8 Å². The number of benzene rings is 1. The number of carbonyl (C=O) groups excluding carboxylic acids is 1. The summed E-state index contributed by atoms with van der Waals surface area (Å²) in [5, 5.41) is 1.67. The number of rotatable bonds is 4. The van der Waals surface area contributed by atoms with E-state index in [-0.39, 0.29) is 5.56 Å². The van der Waals surface area contributed by atoms with E-state index in [1.54, 1.807) is 26.8 Å². The van der Waals surface area contributed by atoms with E-state index in [4.69, 9.17) is 9.47 Å². The first-order valence-corrected chi connectivity index (χ1v) is 8.68. The molecule has 0 saturated carbocycles. The van der Waals surface area contributed by atoms with Crippen molar-refractivity contribution in [2.75, 3.05) is 0 Å². The Hall–Kier alpha value is -1.91. The van der Waals surface area contributed by atoms with Crippen molar-refractivity contribution in [3.05, 3.63) is 35.9 Å². The van der Waals surface area contributed by atoms with E-state index in [1.165, 1.54) is 38.1 Å². The first kappa shape index (κ1) is 22.4. The van der Waals surface area contributed by atoms with Crippen molar-refractivity contribution in [1.29, 1.82) is 0 Å². The van der Waals surface area contributed by atoms with Crippen LogP contribution in [-0.4, -0.2) is 41.1 Å². The molecule has 0 radical (unpaired) electrons. The summed E-state index contributed by atoms with van der Waals surface area (Å²) in [6, 6.07) is 5.77. The molecule has 6 nitrogen and oxygen atoms in total. The Morgan fingerprint density at radius 1 is 1.21 bits per heavy atom. The predicted molar refractivity (Wildman–Crippen MR) is 91.4 cm³/mol. The number of nitrogens with zero attached hydrogens (tertiary/aromatic N) is 1. The molecule has 0 aromatic heterocycles. The monoisotopic (exact) mass is 408 g/mol. The quantitative estimate of drug-likeness (QED) is 0.454. The molecule has 1 amide bonds. The smallest absolute Gasteiger partial charge is 0.421 e. The van der Waals surface area contributed by atoms with Gasteiger partial charge in [0, 0.05) is 0 Å². The minimum Gasteiger partial charge on any atom is -0.444 e. The van der Waals surface area contributed by atoms with Crippen LogP contribution in [0.1, 0.15) is 46.2 Å². The second-order valence-corrected chi connectivity index (χ2v) is 7.70. The van der Waals surface area contributed by atoms with E-state index < -0.39 is 47.1 Å². The van der Waals surface area contributed by atoms with Crippen molar-refractivity contribution in [1.82, 2.24) is 10.6 Å². The normalized spacial score (nSPS) is 26.5. The third-order valence-corrected chi connectivity index (χ3v) is 3.74. The van der Waals surface area contributed by atoms with Crippen molar-refractivity contribution in [2.45, 2.75) is 70.4 Å². The van der Waals surface area contributed by atoms with Gasteiger partial charge in [-0.3, -0.25) is 10.2 Å². The van der Waals surface area contributed by atoms with Crippen LogP contribution in [0.5, 0.6) is 0 Å². The fourth-order valence-corrected chi connectivity index (χ4v) is 2.98. The highest BCUT2D eigenvalue weighted by Crippen LogP contribution is 2.49. The zero-order valence-electron chi connectivity index (χ0n) is 16.2. The van der Waals surface area contributed by atoms with Crippen LogP contribution in [0.15, 0.2) is 30.3 Å². The molecule has 3 unspecified atom stereocenters. The summed E-state index contributed by atoms with van der Waals surface area (Å²) in [7, 11) is 0. The van der Waals surface area contributed by atoms with Crippen molar-refractivity contribution >= 4 is 6.09 Å². The van der Waals surface area contributed by atoms with E-state index in [0.717, 1.165) is 0 Å². The van der Waals surface area contributed by atoms with Gasteiger partial charge in [0.15, 0.2) is 0 Å². The molecule has 158 valence electrons. The average molecular weight is 408 g/mol. The molecule has 3 atom stereocenters. The fraction of sp³-hybridized carbons (Fsp3) is 0.611. The Bertz CT molecular complexity index is 678. The molecule has 0 spiro atoms. The molecular formula is C18H24F4N2O4. The van der Waals surface area contributed by atoms with Crippen LogP contribution in [-0.2, 0) is 14.3 Å². The lowest BCUT2D eigenvalue weighted by atomic mass is 9.91. The molecule has 0 aliphatic carbocycles. The summed E-state index contributed by atoms with van der Waals surface area (Å²) in [5.41, 5.74) is -3.49. The van der Waals surface area contributed by atoms with Gasteiger partial charge in [0.1, 0.15) is 11.6 Å². The van der Waals surface area contributed by atoms with Crippen molar-refractivity contribution in [3.8, 4) is 0 Å². The number of hydrogen-bond donors (Lipinski definition) is 1. The summed E-state index contributed by atoms with van der Waals surface area (Å²) >= 11 is 0. The fourth-order valence-electron chi connectivity index (χ4n) is 2.98. The largest absolute Gasteiger partial charge is 0.444 e. The molecule has 1 aliphatic rings. The first-order chi connectivity index (χ1) is 12.8. The van der Waals surface area contributed by atoms with Crippen LogP contribution in [0.4, 0.5) is 22.4 Å². The third-order valence-electron chi connectivity index (χ3n) is 3.74. The molecule has 1 aromatic rings. The molecule has 1 N–H and O–H groups in total. The molecule has 1 aromatic carbocycles. The van der Waals surface area contributed by atoms with E-state index in [9.17, 15) is 22.4 Å². The zero-order chi connectivity index (χ0) is 21.3. The molecular weight excluding hydrogens is 384 g/mol. The second kappa shape index (κ2) is 7.84. The summed E-state index contributed by atoms with van der Waals surface area (Å²) in [5.74, 6) is 0. The number of ether oxygens (including phenoxy) is 2. The predicted octanol–water partition coefficient (Wildman–Crippen LogP) is 4.44. The number of hydrogen-bond acceptors (Lipinski definition) is 5. The lowest BCUT2D eigenvalue weighted by Crippen LogP contribution is -2.64. The summed E-state index contributed by atoms with van der Waals surface area (Å²) < 4.78 is 66.5. The summed E-state index contributed by atoms with van der Waals surface area (Å²) in [4.78, 5) is 16.9. The van der Waals surface area contributed by atoms with Crippen LogP contribution in [0.25, 0.3) is 0 Å². The lowest BCUT2D eigenvalue weighted by Gasteiger charge is -2.39. The second-order valence-electron chi connectivity index (χ2n) is 7.70. The van der Waals surface area contributed by atoms with Crippen LogP contribution >= 0.6 is 0 Å². The minimum atomic E-state index is -5.04. The van der Waals surface area contributed by atoms with Gasteiger partial charge in [0.05, 0.1) is 6.10 Å². The maximum atomic E-state index is 14.6. The zero-order valence-corrected chi connectivity index (χ0v) is 16.2. The Kier molecular flexibility index (Phi) is 6.27. The van der Waals surface area contributed by atoms with Gasteiger partial charge in [-0.2, -0.15) is 13.2 Å². The maximum Gasteiger partial charge on any atom is 0.421 e. The van der Waals surface area contributed by atoms with Crippen LogP contribution in [0.2, 0.25) is 0 Å². The third kappa shape index (κ3) is 4.92. The van der Waals surface area contributed by atoms with E-state index in [1.807, 2.05) is 0 Å². The number of hydroxylamine groups is 1. The van der Waals surface area contributed by atoms with E-state index in [2.05, 4.69) is 10.2 Å². The average Bonchev–Trinajstić information content (AvgIpc) is 2.77. The van der Waals surface area contributed by atoms with Gasteiger partial charge in [-0.1, -0.05) is 30.3 Å². The molecule has 1 heterocycles. The van der Waals surface area contributed by atoms with Crippen LogP contribution in [0.3, 0.4) is 0 Å². The molecule has 1 aliphatic heterocycles. The van der Waals surface area contributed by atoms with Crippen molar-refractivity contribution in [3.63, 3.8) is 0 Å². The number of alkyl carbamates (subject to hydrolysis) is 1. The highest BCUT2D eigenvalue weighted by atomic mass is 19.4. The highest BCUT2D eigenvalue weighted by Gasteiger charge is 2.69. The van der Waals surface area contributed by atoms with Gasteiger partial charge in [-0.15, -0.1) is 4.48 Å². The van der Waals surface area contributed by atoms with Crippen molar-refractivity contribution in [2.24, 2.45) is 0 Å². The van der Waals surface area contributed by atoms with Gasteiger partial charge in [0.2, 0.25) is 11.8 Å². The summed E-state index contributed by atoms with van der Waals surface area (Å²) in [6.45, 7) is 7.57. The Labute approximate surface area is 160 Å². The van der Waals surface area contributed by atoms with Gasteiger partial charge in [0.25, 0.3) is 0 Å². The maximum absolute atomic E-state index is 14.6. The lowest BCUT2D eigenvalue weighted by molar-refractivity contribution is -0.336. The SMILES string of the molecule is CC(C)OC1(NC(=O)OC(C)(C)C)C(c2ccccc2)N(F)OC1C(F)(F)F. The number of alkyl halides is 3. The van der Waals surface area contributed by atoms with Crippen LogP contribution in [0, 0.1) is 0 Å². The number of carbonyl (C=O) groups is 1. The molecule has 10 heteroatoms. The molecule has 0 bridgehead atoms. The van der Waals surface area contributed by atoms with Gasteiger partial charge < -0.3 is 9.47 Å². The van der Waals surface area contributed by atoms with Crippen LogP contribution < -0.4 is 5.32 Å². The Balaban J connectivity index is 2.58.